The van der Waals surface area contributed by atoms with E-state index < -0.39 is 41.4 Å². The summed E-state index contributed by atoms with van der Waals surface area (Å²) in [5.41, 5.74) is 0.586. The van der Waals surface area contributed by atoms with E-state index in [9.17, 15) is 24.7 Å². The minimum Gasteiger partial charge on any atom is -0.387 e. The fourth-order valence-corrected chi connectivity index (χ4v) is 3.63. The number of rotatable bonds is 6. The van der Waals surface area contributed by atoms with Gasteiger partial charge < -0.3 is 19.1 Å². The standard InChI is InChI=1S/C17H16FN5O6S/c18-10-4-9(23(26)27)2-1-8(10)3-12(29-30)15-13(24)14(25)17(28-15)22-7-21-11-5-19-6-20-16(11)22/h1-2,4-7,12-15,17,24-25,30H,3H2/t12?,13-,14+,15+,17+/m0/s1. The van der Waals surface area contributed by atoms with E-state index in [4.69, 9.17) is 8.92 Å². The smallest absolute Gasteiger partial charge is 0.272 e. The van der Waals surface area contributed by atoms with Crippen LogP contribution in [0, 0.1) is 15.9 Å². The van der Waals surface area contributed by atoms with E-state index in [0.717, 1.165) is 12.1 Å². The van der Waals surface area contributed by atoms with E-state index in [2.05, 4.69) is 27.9 Å². The highest BCUT2D eigenvalue weighted by atomic mass is 32.1. The van der Waals surface area contributed by atoms with Gasteiger partial charge in [0.1, 0.15) is 42.1 Å². The Morgan fingerprint density at radius 3 is 2.87 bits per heavy atom. The summed E-state index contributed by atoms with van der Waals surface area (Å²) in [6.07, 6.45) is -1.71. The van der Waals surface area contributed by atoms with Gasteiger partial charge in [-0.1, -0.05) is 0 Å². The molecule has 0 aliphatic carbocycles. The van der Waals surface area contributed by atoms with Gasteiger partial charge in [0, 0.05) is 12.5 Å². The first-order valence-corrected chi connectivity index (χ1v) is 9.14. The molecule has 158 valence electrons. The van der Waals surface area contributed by atoms with Gasteiger partial charge in [0.2, 0.25) is 0 Å². The molecule has 1 unspecified atom stereocenters. The van der Waals surface area contributed by atoms with Crippen LogP contribution in [0.4, 0.5) is 10.1 Å². The summed E-state index contributed by atoms with van der Waals surface area (Å²) in [4.78, 5) is 22.2. The topological polar surface area (TPSA) is 146 Å². The number of aromatic nitrogens is 4. The second-order valence-electron chi connectivity index (χ2n) is 6.74. The molecule has 1 aromatic carbocycles. The molecule has 0 spiro atoms. The van der Waals surface area contributed by atoms with Gasteiger partial charge in [-0.2, -0.15) is 0 Å². The highest BCUT2D eigenvalue weighted by Gasteiger charge is 2.48. The van der Waals surface area contributed by atoms with E-state index in [1.54, 1.807) is 0 Å². The van der Waals surface area contributed by atoms with Crippen molar-refractivity contribution in [3.8, 4) is 0 Å². The minimum absolute atomic E-state index is 0.106. The average Bonchev–Trinajstić information content (AvgIpc) is 3.28. The minimum atomic E-state index is -1.38. The van der Waals surface area contributed by atoms with Crippen LogP contribution in [0.25, 0.3) is 11.2 Å². The maximum absolute atomic E-state index is 14.3. The van der Waals surface area contributed by atoms with Crippen LogP contribution < -0.4 is 0 Å². The molecular weight excluding hydrogens is 421 g/mol. The lowest BCUT2D eigenvalue weighted by molar-refractivity contribution is -0.385. The Morgan fingerprint density at radius 1 is 1.37 bits per heavy atom. The quantitative estimate of drug-likeness (QED) is 0.222. The average molecular weight is 437 g/mol. The van der Waals surface area contributed by atoms with Crippen molar-refractivity contribution in [2.24, 2.45) is 0 Å². The molecule has 0 saturated carbocycles. The lowest BCUT2D eigenvalue weighted by Crippen LogP contribution is -2.40. The predicted molar refractivity (Wildman–Crippen MR) is 102 cm³/mol. The lowest BCUT2D eigenvalue weighted by atomic mass is 9.99. The summed E-state index contributed by atoms with van der Waals surface area (Å²) in [6.45, 7) is 0. The first-order chi connectivity index (χ1) is 14.4. The predicted octanol–water partition coefficient (Wildman–Crippen LogP) is 0.965. The Bertz CT molecular complexity index is 1080. The van der Waals surface area contributed by atoms with E-state index in [1.165, 1.54) is 29.5 Å². The number of ether oxygens (including phenoxy) is 1. The fraction of sp³-hybridized carbons (Fsp3) is 0.353. The van der Waals surface area contributed by atoms with Crippen LogP contribution in [-0.2, 0) is 15.3 Å². The third-order valence-corrected chi connectivity index (χ3v) is 5.23. The molecule has 13 heteroatoms. The Labute approximate surface area is 173 Å². The number of hydrogen-bond acceptors (Lipinski definition) is 10. The van der Waals surface area contributed by atoms with E-state index in [-0.39, 0.29) is 17.7 Å². The molecule has 4 rings (SSSR count). The third kappa shape index (κ3) is 3.61. The third-order valence-electron chi connectivity index (χ3n) is 4.96. The number of benzene rings is 1. The summed E-state index contributed by atoms with van der Waals surface area (Å²) in [7, 11) is 0. The van der Waals surface area contributed by atoms with Gasteiger partial charge in [0.05, 0.1) is 23.5 Å². The maximum atomic E-state index is 14.3. The van der Waals surface area contributed by atoms with Crippen molar-refractivity contribution in [2.75, 3.05) is 0 Å². The monoisotopic (exact) mass is 437 g/mol. The lowest BCUT2D eigenvalue weighted by Gasteiger charge is -2.23. The molecule has 30 heavy (non-hydrogen) atoms. The number of nitrogens with zero attached hydrogens (tertiary/aromatic N) is 5. The van der Waals surface area contributed by atoms with Crippen molar-refractivity contribution in [2.45, 2.75) is 37.1 Å². The Balaban J connectivity index is 1.57. The van der Waals surface area contributed by atoms with E-state index in [1.807, 2.05) is 0 Å². The molecule has 3 heterocycles. The van der Waals surface area contributed by atoms with Crippen molar-refractivity contribution in [3.05, 3.63) is 58.5 Å². The molecule has 1 aliphatic heterocycles. The molecule has 0 amide bonds. The number of thiol groups is 1. The maximum Gasteiger partial charge on any atom is 0.272 e. The fourth-order valence-electron chi connectivity index (χ4n) is 3.44. The summed E-state index contributed by atoms with van der Waals surface area (Å²) >= 11 is 3.80. The first-order valence-electron chi connectivity index (χ1n) is 8.78. The van der Waals surface area contributed by atoms with Gasteiger partial charge in [0.15, 0.2) is 11.9 Å². The number of non-ortho nitro benzene ring substituents is 1. The number of halogens is 1. The zero-order valence-corrected chi connectivity index (χ0v) is 16.0. The zero-order chi connectivity index (χ0) is 21.4. The zero-order valence-electron chi connectivity index (χ0n) is 15.1. The van der Waals surface area contributed by atoms with Gasteiger partial charge in [-0.3, -0.25) is 14.7 Å². The van der Waals surface area contributed by atoms with Crippen LogP contribution in [0.15, 0.2) is 37.1 Å². The molecule has 1 saturated heterocycles. The summed E-state index contributed by atoms with van der Waals surface area (Å²) < 4.78 is 26.6. The van der Waals surface area contributed by atoms with Gasteiger partial charge in [-0.05, 0) is 24.5 Å². The van der Waals surface area contributed by atoms with Crippen LogP contribution in [0.1, 0.15) is 11.8 Å². The number of fused-ring (bicyclic) bond motifs is 1. The normalized spacial score (nSPS) is 24.9. The molecule has 0 radical (unpaired) electrons. The molecule has 3 aromatic rings. The molecule has 0 bridgehead atoms. The first kappa shape index (κ1) is 20.6. The van der Waals surface area contributed by atoms with E-state index in [0.29, 0.717) is 11.2 Å². The second kappa shape index (κ2) is 8.20. The Kier molecular flexibility index (Phi) is 5.62. The molecular formula is C17H16FN5O6S. The highest BCUT2D eigenvalue weighted by Crippen LogP contribution is 2.35. The summed E-state index contributed by atoms with van der Waals surface area (Å²) in [5.74, 6) is -0.804. The van der Waals surface area contributed by atoms with Crippen LogP contribution in [0.3, 0.4) is 0 Å². The van der Waals surface area contributed by atoms with Gasteiger partial charge in [0.25, 0.3) is 5.69 Å². The number of aliphatic hydroxyl groups is 2. The van der Waals surface area contributed by atoms with Crippen molar-refractivity contribution < 1.29 is 28.4 Å². The number of nitro groups is 1. The Morgan fingerprint density at radius 2 is 2.17 bits per heavy atom. The molecule has 5 atom stereocenters. The number of aliphatic hydroxyl groups excluding tert-OH is 2. The number of nitro benzene ring substituents is 1. The van der Waals surface area contributed by atoms with Crippen molar-refractivity contribution in [1.82, 2.24) is 19.5 Å². The van der Waals surface area contributed by atoms with Crippen LogP contribution >= 0.6 is 12.9 Å². The van der Waals surface area contributed by atoms with Gasteiger partial charge in [-0.25, -0.2) is 19.3 Å². The number of hydrogen-bond donors (Lipinski definition) is 3. The molecule has 2 N–H and O–H groups in total. The van der Waals surface area contributed by atoms with Gasteiger partial charge >= 0.3 is 0 Å². The molecule has 11 nitrogen and oxygen atoms in total. The summed E-state index contributed by atoms with van der Waals surface area (Å²) in [5, 5.41) is 31.8. The van der Waals surface area contributed by atoms with Crippen molar-refractivity contribution in [3.63, 3.8) is 0 Å². The number of imidazole rings is 1. The van der Waals surface area contributed by atoms with Crippen LogP contribution in [0.2, 0.25) is 0 Å². The van der Waals surface area contributed by atoms with Gasteiger partial charge in [-0.15, -0.1) is 0 Å². The molecule has 1 fully saturated rings. The van der Waals surface area contributed by atoms with Crippen molar-refractivity contribution >= 4 is 29.8 Å². The van der Waals surface area contributed by atoms with Crippen molar-refractivity contribution in [1.29, 1.82) is 0 Å². The second-order valence-corrected chi connectivity index (χ2v) is 6.95. The molecule has 1 aliphatic rings. The Hall–Kier alpha value is -2.71. The van der Waals surface area contributed by atoms with Crippen LogP contribution in [0.5, 0.6) is 0 Å². The summed E-state index contributed by atoms with van der Waals surface area (Å²) in [6, 6.07) is 3.21. The largest absolute Gasteiger partial charge is 0.387 e. The SMILES string of the molecule is O=[N+]([O-])c1ccc(CC(OS)[C@H]2O[C@@H](n3cnc4cncnc43)[C@H](O)[C@@H]2O)c(F)c1. The molecule has 2 aromatic heterocycles. The van der Waals surface area contributed by atoms with E-state index >= 15 is 0 Å². The highest BCUT2D eigenvalue weighted by molar-refractivity contribution is 7.75. The van der Waals surface area contributed by atoms with Crippen LogP contribution in [-0.4, -0.2) is 59.1 Å².